The molecule has 0 saturated heterocycles. The summed E-state index contributed by atoms with van der Waals surface area (Å²) in [5, 5.41) is 4.08. The van der Waals surface area contributed by atoms with Gasteiger partial charge in [0.15, 0.2) is 0 Å². The van der Waals surface area contributed by atoms with Crippen LogP contribution in [0.15, 0.2) is 71.9 Å². The summed E-state index contributed by atoms with van der Waals surface area (Å²) in [6.07, 6.45) is 3.41. The predicted octanol–water partition coefficient (Wildman–Crippen LogP) is 1.74. The molecule has 0 aliphatic rings. The van der Waals surface area contributed by atoms with Crippen molar-refractivity contribution in [3.8, 4) is 11.4 Å². The van der Waals surface area contributed by atoms with Gasteiger partial charge >= 0.3 is 10.1 Å². The molecule has 122 valence electrons. The Hall–Kier alpha value is -3.13. The molecule has 1 amide bonds. The van der Waals surface area contributed by atoms with Crippen molar-refractivity contribution in [3.63, 3.8) is 0 Å². The highest BCUT2D eigenvalue weighted by molar-refractivity contribution is 7.87. The average molecular weight is 343 g/mol. The molecule has 3 rings (SSSR count). The van der Waals surface area contributed by atoms with Crippen LogP contribution in [0, 0.1) is 0 Å². The van der Waals surface area contributed by atoms with Crippen LogP contribution in [-0.2, 0) is 10.1 Å². The van der Waals surface area contributed by atoms with Gasteiger partial charge in [-0.2, -0.15) is 13.5 Å². The minimum absolute atomic E-state index is 0.0661. The zero-order chi connectivity index (χ0) is 17.2. The Morgan fingerprint density at radius 2 is 1.71 bits per heavy atom. The van der Waals surface area contributed by atoms with Gasteiger partial charge in [-0.05, 0) is 54.6 Å². The third kappa shape index (κ3) is 3.28. The monoisotopic (exact) mass is 343 g/mol. The van der Waals surface area contributed by atoms with Gasteiger partial charge in [-0.3, -0.25) is 4.79 Å². The fraction of sp³-hybridized carbons (Fsp3) is 0. The molecule has 0 aliphatic carbocycles. The van der Waals surface area contributed by atoms with Crippen LogP contribution in [0.4, 0.5) is 0 Å². The summed E-state index contributed by atoms with van der Waals surface area (Å²) in [7, 11) is -4.00. The first kappa shape index (κ1) is 15.8. The molecule has 24 heavy (non-hydrogen) atoms. The number of primary amides is 1. The third-order valence-electron chi connectivity index (χ3n) is 3.24. The fourth-order valence-electron chi connectivity index (χ4n) is 2.04. The molecule has 7 nitrogen and oxygen atoms in total. The molecule has 0 radical (unpaired) electrons. The van der Waals surface area contributed by atoms with E-state index in [9.17, 15) is 13.2 Å². The maximum Gasteiger partial charge on any atom is 0.339 e. The Labute approximate surface area is 138 Å². The van der Waals surface area contributed by atoms with Gasteiger partial charge in [0, 0.05) is 18.0 Å². The van der Waals surface area contributed by atoms with Gasteiger partial charge in [-0.1, -0.05) is 0 Å². The number of carbonyl (C=O) groups is 1. The lowest BCUT2D eigenvalue weighted by Crippen LogP contribution is -2.13. The van der Waals surface area contributed by atoms with Gasteiger partial charge < -0.3 is 9.92 Å². The first-order valence-electron chi connectivity index (χ1n) is 6.90. The number of nitrogens with zero attached hydrogens (tertiary/aromatic N) is 2. The van der Waals surface area contributed by atoms with Crippen molar-refractivity contribution in [1.82, 2.24) is 9.78 Å². The number of aromatic nitrogens is 2. The lowest BCUT2D eigenvalue weighted by molar-refractivity contribution is 0.1000. The zero-order valence-corrected chi connectivity index (χ0v) is 13.2. The Morgan fingerprint density at radius 1 is 1.04 bits per heavy atom. The van der Waals surface area contributed by atoms with Gasteiger partial charge in [0.25, 0.3) is 0 Å². The first-order valence-corrected chi connectivity index (χ1v) is 8.31. The zero-order valence-electron chi connectivity index (χ0n) is 12.4. The van der Waals surface area contributed by atoms with Gasteiger partial charge in [0.1, 0.15) is 10.6 Å². The molecule has 2 aromatic carbocycles. The molecule has 0 saturated carbocycles. The van der Waals surface area contributed by atoms with Crippen LogP contribution in [0.2, 0.25) is 0 Å². The second-order valence-corrected chi connectivity index (χ2v) is 6.42. The van der Waals surface area contributed by atoms with Crippen molar-refractivity contribution >= 4 is 16.0 Å². The number of hydrogen-bond acceptors (Lipinski definition) is 5. The van der Waals surface area contributed by atoms with Gasteiger partial charge in [0.05, 0.1) is 5.69 Å². The first-order chi connectivity index (χ1) is 11.5. The summed E-state index contributed by atoms with van der Waals surface area (Å²) in [6, 6.07) is 13.4. The molecule has 1 heterocycles. The maximum atomic E-state index is 12.2. The van der Waals surface area contributed by atoms with Crippen LogP contribution < -0.4 is 9.92 Å². The van der Waals surface area contributed by atoms with Crippen molar-refractivity contribution in [2.24, 2.45) is 5.73 Å². The lowest BCUT2D eigenvalue weighted by atomic mass is 10.2. The van der Waals surface area contributed by atoms with Crippen molar-refractivity contribution in [2.45, 2.75) is 4.90 Å². The van der Waals surface area contributed by atoms with Crippen LogP contribution in [0.3, 0.4) is 0 Å². The van der Waals surface area contributed by atoms with Crippen LogP contribution in [0.1, 0.15) is 10.4 Å². The average Bonchev–Trinajstić information content (AvgIpc) is 3.10. The molecular weight excluding hydrogens is 330 g/mol. The number of amides is 1. The smallest absolute Gasteiger partial charge is 0.339 e. The van der Waals surface area contributed by atoms with E-state index in [2.05, 4.69) is 5.10 Å². The van der Waals surface area contributed by atoms with Crippen molar-refractivity contribution in [2.75, 3.05) is 0 Å². The summed E-state index contributed by atoms with van der Waals surface area (Å²) in [6.45, 7) is 0. The van der Waals surface area contributed by atoms with Crippen LogP contribution in [0.5, 0.6) is 5.75 Å². The van der Waals surface area contributed by atoms with Crippen LogP contribution in [0.25, 0.3) is 5.69 Å². The molecule has 0 fully saturated rings. The largest absolute Gasteiger partial charge is 0.379 e. The van der Waals surface area contributed by atoms with E-state index in [-0.39, 0.29) is 16.2 Å². The maximum absolute atomic E-state index is 12.2. The Morgan fingerprint density at radius 3 is 2.25 bits per heavy atom. The van der Waals surface area contributed by atoms with Crippen molar-refractivity contribution in [3.05, 3.63) is 72.6 Å². The minimum atomic E-state index is -4.00. The molecule has 0 unspecified atom stereocenters. The molecule has 8 heteroatoms. The molecule has 3 aromatic rings. The Kier molecular flexibility index (Phi) is 4.05. The van der Waals surface area contributed by atoms with E-state index in [0.717, 1.165) is 5.69 Å². The number of carbonyl (C=O) groups excluding carboxylic acids is 1. The van der Waals surface area contributed by atoms with E-state index in [1.165, 1.54) is 36.4 Å². The molecule has 0 bridgehead atoms. The molecule has 0 spiro atoms. The number of nitrogens with two attached hydrogens (primary N) is 1. The van der Waals surface area contributed by atoms with E-state index < -0.39 is 16.0 Å². The van der Waals surface area contributed by atoms with Gasteiger partial charge in [0.2, 0.25) is 5.91 Å². The Bertz CT molecular complexity index is 948. The SMILES string of the molecule is NC(=O)c1ccc(S(=O)(=O)Oc2ccc(-n3cccn3)cc2)cc1. The van der Waals surface area contributed by atoms with E-state index in [0.29, 0.717) is 0 Å². The summed E-state index contributed by atoms with van der Waals surface area (Å²) < 4.78 is 31.2. The summed E-state index contributed by atoms with van der Waals surface area (Å²) >= 11 is 0. The normalized spacial score (nSPS) is 11.2. The molecule has 2 N–H and O–H groups in total. The number of rotatable bonds is 5. The third-order valence-corrected chi connectivity index (χ3v) is 4.50. The lowest BCUT2D eigenvalue weighted by Gasteiger charge is -2.08. The highest BCUT2D eigenvalue weighted by Gasteiger charge is 2.17. The number of hydrogen-bond donors (Lipinski definition) is 1. The van der Waals surface area contributed by atoms with Gasteiger partial charge in [-0.15, -0.1) is 0 Å². The Balaban J connectivity index is 1.80. The van der Waals surface area contributed by atoms with Gasteiger partial charge in [-0.25, -0.2) is 4.68 Å². The van der Waals surface area contributed by atoms with Crippen LogP contribution >= 0.6 is 0 Å². The van der Waals surface area contributed by atoms with E-state index in [1.807, 2.05) is 0 Å². The fourth-order valence-corrected chi connectivity index (χ4v) is 2.97. The van der Waals surface area contributed by atoms with E-state index in [1.54, 1.807) is 35.3 Å². The topological polar surface area (TPSA) is 104 Å². The summed E-state index contributed by atoms with van der Waals surface area (Å²) in [5.74, 6) is -0.459. The molecular formula is C16H13N3O4S. The quantitative estimate of drug-likeness (QED) is 0.711. The minimum Gasteiger partial charge on any atom is -0.379 e. The predicted molar refractivity (Wildman–Crippen MR) is 86.3 cm³/mol. The molecule has 0 atom stereocenters. The van der Waals surface area contributed by atoms with Crippen molar-refractivity contribution in [1.29, 1.82) is 0 Å². The molecule has 0 aliphatic heterocycles. The second-order valence-electron chi connectivity index (χ2n) is 4.87. The van der Waals surface area contributed by atoms with E-state index in [4.69, 9.17) is 9.92 Å². The highest BCUT2D eigenvalue weighted by atomic mass is 32.2. The molecule has 1 aromatic heterocycles. The summed E-state index contributed by atoms with van der Waals surface area (Å²) in [5.41, 5.74) is 6.12. The highest BCUT2D eigenvalue weighted by Crippen LogP contribution is 2.20. The standard InChI is InChI=1S/C16H13N3O4S/c17-16(20)12-2-8-15(9-3-12)24(21,22)23-14-6-4-13(5-7-14)19-11-1-10-18-19/h1-11H,(H2,17,20). The van der Waals surface area contributed by atoms with E-state index >= 15 is 0 Å². The number of benzene rings is 2. The second kappa shape index (κ2) is 6.17. The summed E-state index contributed by atoms with van der Waals surface area (Å²) in [4.78, 5) is 11.0. The van der Waals surface area contributed by atoms with Crippen LogP contribution in [-0.4, -0.2) is 24.1 Å². The van der Waals surface area contributed by atoms with Crippen molar-refractivity contribution < 1.29 is 17.4 Å².